The molecule has 11 atom stereocenters. The van der Waals surface area contributed by atoms with Crippen LogP contribution in [0.2, 0.25) is 0 Å². The monoisotopic (exact) mass is 664 g/mol. The van der Waals surface area contributed by atoms with E-state index in [4.69, 9.17) is 15.6 Å². The van der Waals surface area contributed by atoms with Gasteiger partial charge in [-0.1, -0.05) is 20.8 Å². The number of amides is 1. The third kappa shape index (κ3) is 7.76. The molecule has 2 unspecified atom stereocenters. The highest BCUT2D eigenvalue weighted by molar-refractivity contribution is 5.93. The third-order valence-corrected chi connectivity index (χ3v) is 12.9. The Balaban J connectivity index is 1.37. The van der Waals surface area contributed by atoms with Crippen LogP contribution < -0.4 is 11.1 Å². The summed E-state index contributed by atoms with van der Waals surface area (Å²) in [5.74, 6) is -5.66. The van der Waals surface area contributed by atoms with Crippen molar-refractivity contribution in [1.29, 1.82) is 0 Å². The van der Waals surface area contributed by atoms with Crippen LogP contribution in [0.4, 0.5) is 0 Å². The van der Waals surface area contributed by atoms with Gasteiger partial charge in [0.1, 0.15) is 12.1 Å². The van der Waals surface area contributed by atoms with Crippen LogP contribution in [0.15, 0.2) is 0 Å². The molecular formula is C34H52N2O11. The quantitative estimate of drug-likeness (QED) is 0.116. The van der Waals surface area contributed by atoms with Crippen LogP contribution in [0.5, 0.6) is 0 Å². The van der Waals surface area contributed by atoms with E-state index < -0.39 is 72.7 Å². The molecule has 0 aliphatic heterocycles. The Morgan fingerprint density at radius 3 is 2.04 bits per heavy atom. The minimum atomic E-state index is -1.48. The second-order valence-electron chi connectivity index (χ2n) is 15.4. The van der Waals surface area contributed by atoms with E-state index in [0.29, 0.717) is 48.9 Å². The number of carboxylic acids is 4. The molecule has 47 heavy (non-hydrogen) atoms. The smallest absolute Gasteiger partial charge is 0.329 e. The molecule has 0 aromatic carbocycles. The molecule has 4 aliphatic rings. The first-order valence-electron chi connectivity index (χ1n) is 17.1. The summed E-state index contributed by atoms with van der Waals surface area (Å²) >= 11 is 0. The van der Waals surface area contributed by atoms with Crippen LogP contribution in [0.3, 0.4) is 0 Å². The van der Waals surface area contributed by atoms with Gasteiger partial charge in [-0.2, -0.15) is 0 Å². The van der Waals surface area contributed by atoms with Gasteiger partial charge in [0, 0.05) is 0 Å². The molecule has 4 aliphatic carbocycles. The zero-order valence-electron chi connectivity index (χ0n) is 27.7. The molecule has 0 aromatic heterocycles. The van der Waals surface area contributed by atoms with Gasteiger partial charge in [-0.15, -0.1) is 0 Å². The predicted molar refractivity (Wildman–Crippen MR) is 167 cm³/mol. The summed E-state index contributed by atoms with van der Waals surface area (Å²) in [5, 5.41) is 39.2. The summed E-state index contributed by atoms with van der Waals surface area (Å²) in [6, 6.07) is -2.91. The molecule has 264 valence electrons. The van der Waals surface area contributed by atoms with Gasteiger partial charge in [0.25, 0.3) is 0 Å². The van der Waals surface area contributed by atoms with Crippen LogP contribution in [0, 0.1) is 52.3 Å². The fourth-order valence-electron chi connectivity index (χ4n) is 10.5. The molecule has 0 bridgehead atoms. The third-order valence-electron chi connectivity index (χ3n) is 12.9. The second kappa shape index (κ2) is 14.5. The lowest BCUT2D eigenvalue weighted by Crippen LogP contribution is -2.55. The van der Waals surface area contributed by atoms with Crippen molar-refractivity contribution in [2.45, 2.75) is 122 Å². The number of fused-ring (bicyclic) bond motifs is 5. The van der Waals surface area contributed by atoms with E-state index in [1.165, 1.54) is 0 Å². The molecule has 1 amide bonds. The van der Waals surface area contributed by atoms with Gasteiger partial charge in [0.05, 0.1) is 18.9 Å². The standard InChI is InChI=1S/C34H52N2O11/c1-17(4-6-21(30(42)43)31(44)45)22-8-9-23-20-7-5-18-14-19(10-12-33(18,2)24(20)11-13-34(22,23)3)47-32(46)26(16-28(39)40)36-29(41)25(35)15-27(37)38/h17-26H,4-16,35H2,1-3H3,(H,36,41)(H,37,38)(H,39,40)(H,42,43)(H,44,45)/t17-,18-,19-,20+,22?,23?,24+,25+,26+,33+,34-/m1/s1. The maximum Gasteiger partial charge on any atom is 0.329 e. The zero-order valence-corrected chi connectivity index (χ0v) is 27.7. The van der Waals surface area contributed by atoms with Crippen molar-refractivity contribution < 1.29 is 53.9 Å². The van der Waals surface area contributed by atoms with E-state index in [-0.39, 0.29) is 23.2 Å². The number of nitrogens with two attached hydrogens (primary N) is 1. The maximum absolute atomic E-state index is 13.1. The lowest BCUT2D eigenvalue weighted by molar-refractivity contribution is -0.167. The molecule has 13 heteroatoms. The predicted octanol–water partition coefficient (Wildman–Crippen LogP) is 3.52. The second-order valence-corrected chi connectivity index (χ2v) is 15.4. The molecule has 0 aromatic rings. The average molecular weight is 665 g/mol. The Morgan fingerprint density at radius 1 is 0.809 bits per heavy atom. The van der Waals surface area contributed by atoms with Gasteiger partial charge in [-0.05, 0) is 117 Å². The summed E-state index contributed by atoms with van der Waals surface area (Å²) < 4.78 is 5.79. The summed E-state index contributed by atoms with van der Waals surface area (Å²) in [6.07, 6.45) is 7.54. The van der Waals surface area contributed by atoms with E-state index in [2.05, 4.69) is 26.1 Å². The first-order valence-corrected chi connectivity index (χ1v) is 17.1. The topological polar surface area (TPSA) is 231 Å². The van der Waals surface area contributed by atoms with Crippen LogP contribution in [0.1, 0.15) is 104 Å². The van der Waals surface area contributed by atoms with Crippen molar-refractivity contribution in [3.8, 4) is 0 Å². The van der Waals surface area contributed by atoms with E-state index in [1.54, 1.807) is 0 Å². The largest absolute Gasteiger partial charge is 0.481 e. The van der Waals surface area contributed by atoms with Gasteiger partial charge in [0.15, 0.2) is 5.92 Å². The number of nitrogens with one attached hydrogen (secondary N) is 1. The van der Waals surface area contributed by atoms with Crippen LogP contribution in [-0.4, -0.2) is 74.4 Å². The number of carboxylic acid groups (broad SMARTS) is 4. The Bertz CT molecular complexity index is 1230. The normalized spacial score (nSPS) is 34.9. The number of hydrogen-bond acceptors (Lipinski definition) is 8. The number of hydrogen-bond donors (Lipinski definition) is 6. The van der Waals surface area contributed by atoms with Gasteiger partial charge in [-0.25, -0.2) is 4.79 Å². The summed E-state index contributed by atoms with van der Waals surface area (Å²) in [6.45, 7) is 6.93. The molecule has 0 saturated heterocycles. The Kier molecular flexibility index (Phi) is 11.3. The highest BCUT2D eigenvalue weighted by Gasteiger charge is 2.61. The van der Waals surface area contributed by atoms with Crippen molar-refractivity contribution in [1.82, 2.24) is 5.32 Å². The Morgan fingerprint density at radius 2 is 1.43 bits per heavy atom. The first-order chi connectivity index (χ1) is 22.0. The molecule has 0 radical (unpaired) electrons. The van der Waals surface area contributed by atoms with Crippen molar-refractivity contribution in [3.63, 3.8) is 0 Å². The SMILES string of the molecule is C[C@H](CCC(C(=O)O)C(=O)O)C1CCC2[C@@H]3CC[C@@H]4C[C@H](OC(=O)[C@H](CC(=O)O)NC(=O)[C@@H](N)CC(=O)O)CC[C@]4(C)[C@H]3CC[C@]12C. The van der Waals surface area contributed by atoms with E-state index in [9.17, 15) is 44.1 Å². The molecule has 4 saturated carbocycles. The molecule has 0 heterocycles. The van der Waals surface area contributed by atoms with Gasteiger partial charge in [0.2, 0.25) is 5.91 Å². The number of esters is 1. The van der Waals surface area contributed by atoms with Crippen LogP contribution in [0.25, 0.3) is 0 Å². The minimum Gasteiger partial charge on any atom is -0.481 e. The molecule has 4 fully saturated rings. The molecule has 0 spiro atoms. The van der Waals surface area contributed by atoms with Gasteiger partial charge >= 0.3 is 29.8 Å². The first kappa shape index (κ1) is 36.6. The van der Waals surface area contributed by atoms with Gasteiger partial charge < -0.3 is 36.2 Å². The van der Waals surface area contributed by atoms with Crippen molar-refractivity contribution in [2.75, 3.05) is 0 Å². The van der Waals surface area contributed by atoms with E-state index in [0.717, 1.165) is 44.9 Å². The molecule has 4 rings (SSSR count). The fraction of sp³-hybridized carbons (Fsp3) is 0.824. The molecule has 7 N–H and O–H groups in total. The molecular weight excluding hydrogens is 612 g/mol. The lowest BCUT2D eigenvalue weighted by atomic mass is 9.44. The molecule has 13 nitrogen and oxygen atoms in total. The van der Waals surface area contributed by atoms with E-state index >= 15 is 0 Å². The Labute approximate surface area is 275 Å². The fourth-order valence-corrected chi connectivity index (χ4v) is 10.5. The van der Waals surface area contributed by atoms with Crippen LogP contribution in [-0.2, 0) is 33.5 Å². The van der Waals surface area contributed by atoms with Crippen molar-refractivity contribution in [3.05, 3.63) is 0 Å². The number of carbonyl (C=O) groups excluding carboxylic acids is 2. The van der Waals surface area contributed by atoms with Crippen molar-refractivity contribution >= 4 is 35.8 Å². The summed E-state index contributed by atoms with van der Waals surface area (Å²) in [5.41, 5.74) is 5.81. The maximum atomic E-state index is 13.1. The average Bonchev–Trinajstić information content (AvgIpc) is 3.33. The minimum absolute atomic E-state index is 0.0747. The zero-order chi connectivity index (χ0) is 34.8. The van der Waals surface area contributed by atoms with Crippen molar-refractivity contribution in [2.24, 2.45) is 58.0 Å². The number of rotatable bonds is 14. The number of ether oxygens (including phenoxy) is 1. The van der Waals surface area contributed by atoms with E-state index in [1.807, 2.05) is 0 Å². The van der Waals surface area contributed by atoms with Gasteiger partial charge in [-0.3, -0.25) is 24.0 Å². The highest BCUT2D eigenvalue weighted by atomic mass is 16.5. The van der Waals surface area contributed by atoms with Crippen LogP contribution >= 0.6 is 0 Å². The number of carbonyl (C=O) groups is 6. The lowest BCUT2D eigenvalue weighted by Gasteiger charge is -2.61. The number of aliphatic carboxylic acids is 4. The highest BCUT2D eigenvalue weighted by Crippen LogP contribution is 2.68. The summed E-state index contributed by atoms with van der Waals surface area (Å²) in [7, 11) is 0. The summed E-state index contributed by atoms with van der Waals surface area (Å²) in [4.78, 5) is 70.7. The Hall–Kier alpha value is -3.22.